The normalized spacial score (nSPS) is 11.2. The summed E-state index contributed by atoms with van der Waals surface area (Å²) in [7, 11) is 1.98. The maximum atomic E-state index is 3.20. The predicted molar refractivity (Wildman–Crippen MR) is 89.7 cm³/mol. The second kappa shape index (κ2) is 5.74. The van der Waals surface area contributed by atoms with Crippen molar-refractivity contribution in [3.05, 3.63) is 70.9 Å². The molecule has 0 aliphatic rings. The zero-order valence-electron chi connectivity index (χ0n) is 13.0. The number of nitrogens with zero attached hydrogens (tertiary/aromatic N) is 1. The topological polar surface area (TPSA) is 17.0 Å². The maximum absolute atomic E-state index is 3.20. The number of fused-ring (bicyclic) bond motifs is 1. The van der Waals surface area contributed by atoms with E-state index in [2.05, 4.69) is 72.4 Å². The number of aryl methyl sites for hydroxylation is 2. The monoisotopic (exact) mass is 278 g/mol. The minimum absolute atomic E-state index is 0.915. The molecule has 0 amide bonds. The van der Waals surface area contributed by atoms with Crippen LogP contribution in [0, 0.1) is 13.8 Å². The highest BCUT2D eigenvalue weighted by Crippen LogP contribution is 2.20. The van der Waals surface area contributed by atoms with E-state index in [-0.39, 0.29) is 0 Å². The second-order valence-corrected chi connectivity index (χ2v) is 5.80. The molecular weight excluding hydrogens is 256 g/mol. The second-order valence-electron chi connectivity index (χ2n) is 5.80. The molecule has 0 saturated heterocycles. The van der Waals surface area contributed by atoms with E-state index < -0.39 is 0 Å². The Balaban J connectivity index is 1.96. The molecule has 0 atom stereocenters. The molecule has 0 fully saturated rings. The molecule has 0 saturated carbocycles. The summed E-state index contributed by atoms with van der Waals surface area (Å²) < 4.78 is 2.33. The Kier molecular flexibility index (Phi) is 3.80. The fourth-order valence-corrected chi connectivity index (χ4v) is 2.86. The Morgan fingerprint density at radius 2 is 1.86 bits per heavy atom. The minimum atomic E-state index is 0.915. The molecule has 1 aromatic heterocycles. The minimum Gasteiger partial charge on any atom is -0.343 e. The summed E-state index contributed by atoms with van der Waals surface area (Å²) in [5, 5.41) is 4.52. The van der Waals surface area contributed by atoms with Crippen molar-refractivity contribution in [2.24, 2.45) is 0 Å². The summed E-state index contributed by atoms with van der Waals surface area (Å²) in [5.74, 6) is 0. The van der Waals surface area contributed by atoms with E-state index in [0.29, 0.717) is 0 Å². The lowest BCUT2D eigenvalue weighted by Crippen LogP contribution is -2.05. The zero-order chi connectivity index (χ0) is 14.8. The van der Waals surface area contributed by atoms with Gasteiger partial charge in [0.1, 0.15) is 0 Å². The van der Waals surface area contributed by atoms with Crippen LogP contribution in [0.3, 0.4) is 0 Å². The van der Waals surface area contributed by atoms with E-state index in [9.17, 15) is 0 Å². The van der Waals surface area contributed by atoms with E-state index in [1.54, 1.807) is 0 Å². The Morgan fingerprint density at radius 1 is 1.00 bits per heavy atom. The number of aromatic nitrogens is 1. The molecule has 0 aliphatic heterocycles. The highest BCUT2D eigenvalue weighted by atomic mass is 14.9. The SMILES string of the molecule is CNCc1ccc2c(ccn2Cc2cc(C)ccc2C)c1. The van der Waals surface area contributed by atoms with Crippen molar-refractivity contribution in [1.82, 2.24) is 9.88 Å². The smallest absolute Gasteiger partial charge is 0.0483 e. The van der Waals surface area contributed by atoms with Crippen molar-refractivity contribution < 1.29 is 0 Å². The third-order valence-corrected chi connectivity index (χ3v) is 4.06. The van der Waals surface area contributed by atoms with E-state index in [0.717, 1.165) is 13.1 Å². The third-order valence-electron chi connectivity index (χ3n) is 4.06. The van der Waals surface area contributed by atoms with Crippen LogP contribution >= 0.6 is 0 Å². The first-order valence-corrected chi connectivity index (χ1v) is 7.46. The van der Waals surface area contributed by atoms with Gasteiger partial charge in [-0.15, -0.1) is 0 Å². The summed E-state index contributed by atoms with van der Waals surface area (Å²) in [5.41, 5.74) is 6.70. The van der Waals surface area contributed by atoms with Crippen molar-refractivity contribution in [1.29, 1.82) is 0 Å². The fraction of sp³-hybridized carbons (Fsp3) is 0.263. The van der Waals surface area contributed by atoms with Gasteiger partial charge in [-0.25, -0.2) is 0 Å². The van der Waals surface area contributed by atoms with Gasteiger partial charge in [0.05, 0.1) is 0 Å². The summed E-state index contributed by atoms with van der Waals surface area (Å²) in [6.07, 6.45) is 2.19. The van der Waals surface area contributed by atoms with E-state index in [1.165, 1.54) is 33.2 Å². The molecule has 2 heteroatoms. The number of benzene rings is 2. The standard InChI is InChI=1S/C19H22N2/c1-14-4-5-15(2)18(10-14)13-21-9-8-17-11-16(12-20-3)6-7-19(17)21/h4-11,20H,12-13H2,1-3H3. The van der Waals surface area contributed by atoms with Gasteiger partial charge in [-0.05, 0) is 61.2 Å². The van der Waals surface area contributed by atoms with Crippen LogP contribution in [0.1, 0.15) is 22.3 Å². The van der Waals surface area contributed by atoms with E-state index in [4.69, 9.17) is 0 Å². The molecule has 0 unspecified atom stereocenters. The highest BCUT2D eigenvalue weighted by molar-refractivity contribution is 5.81. The molecule has 0 aliphatic carbocycles. The van der Waals surface area contributed by atoms with Crippen LogP contribution < -0.4 is 5.32 Å². The molecule has 3 rings (SSSR count). The van der Waals surface area contributed by atoms with Crippen molar-refractivity contribution >= 4 is 10.9 Å². The van der Waals surface area contributed by atoms with Gasteiger partial charge < -0.3 is 9.88 Å². The van der Waals surface area contributed by atoms with Gasteiger partial charge in [0.2, 0.25) is 0 Å². The molecule has 2 aromatic carbocycles. The van der Waals surface area contributed by atoms with E-state index >= 15 is 0 Å². The molecular formula is C19H22N2. The first kappa shape index (κ1) is 13.9. The van der Waals surface area contributed by atoms with Crippen molar-refractivity contribution in [3.8, 4) is 0 Å². The highest BCUT2D eigenvalue weighted by Gasteiger charge is 2.05. The molecule has 1 N–H and O–H groups in total. The lowest BCUT2D eigenvalue weighted by molar-refractivity contribution is 0.816. The average Bonchev–Trinajstić information content (AvgIpc) is 2.86. The molecule has 0 bridgehead atoms. The zero-order valence-corrected chi connectivity index (χ0v) is 13.0. The summed E-state index contributed by atoms with van der Waals surface area (Å²) in [6, 6.07) is 15.6. The van der Waals surface area contributed by atoms with Gasteiger partial charge >= 0.3 is 0 Å². The van der Waals surface area contributed by atoms with Crippen LogP contribution in [0.25, 0.3) is 10.9 Å². The van der Waals surface area contributed by atoms with Crippen LogP contribution in [0.5, 0.6) is 0 Å². The Morgan fingerprint density at radius 3 is 2.67 bits per heavy atom. The fourth-order valence-electron chi connectivity index (χ4n) is 2.86. The lowest BCUT2D eigenvalue weighted by Gasteiger charge is -2.10. The molecule has 2 nitrogen and oxygen atoms in total. The van der Waals surface area contributed by atoms with Crippen LogP contribution in [-0.2, 0) is 13.1 Å². The van der Waals surface area contributed by atoms with Crippen molar-refractivity contribution in [2.45, 2.75) is 26.9 Å². The van der Waals surface area contributed by atoms with Crippen molar-refractivity contribution in [3.63, 3.8) is 0 Å². The van der Waals surface area contributed by atoms with Crippen molar-refractivity contribution in [2.75, 3.05) is 7.05 Å². The largest absolute Gasteiger partial charge is 0.343 e. The first-order valence-electron chi connectivity index (χ1n) is 7.46. The summed E-state index contributed by atoms with van der Waals surface area (Å²) in [6.45, 7) is 6.19. The molecule has 108 valence electrons. The molecule has 0 radical (unpaired) electrons. The van der Waals surface area contributed by atoms with Crippen LogP contribution in [0.4, 0.5) is 0 Å². The van der Waals surface area contributed by atoms with Crippen LogP contribution in [0.2, 0.25) is 0 Å². The maximum Gasteiger partial charge on any atom is 0.0483 e. The number of rotatable bonds is 4. The molecule has 21 heavy (non-hydrogen) atoms. The van der Waals surface area contributed by atoms with Gasteiger partial charge in [-0.1, -0.05) is 29.8 Å². The first-order chi connectivity index (χ1) is 10.2. The number of hydrogen-bond acceptors (Lipinski definition) is 1. The van der Waals surface area contributed by atoms with Gasteiger partial charge in [0.15, 0.2) is 0 Å². The van der Waals surface area contributed by atoms with Gasteiger partial charge in [-0.2, -0.15) is 0 Å². The van der Waals surface area contributed by atoms with E-state index in [1.807, 2.05) is 7.05 Å². The molecule has 3 aromatic rings. The Bertz CT molecular complexity index is 768. The summed E-state index contributed by atoms with van der Waals surface area (Å²) >= 11 is 0. The number of hydrogen-bond donors (Lipinski definition) is 1. The van der Waals surface area contributed by atoms with Crippen LogP contribution in [-0.4, -0.2) is 11.6 Å². The van der Waals surface area contributed by atoms with Gasteiger partial charge in [0.25, 0.3) is 0 Å². The summed E-state index contributed by atoms with van der Waals surface area (Å²) in [4.78, 5) is 0. The molecule has 1 heterocycles. The molecule has 0 spiro atoms. The van der Waals surface area contributed by atoms with Gasteiger partial charge in [-0.3, -0.25) is 0 Å². The average molecular weight is 278 g/mol. The lowest BCUT2D eigenvalue weighted by atomic mass is 10.1. The quantitative estimate of drug-likeness (QED) is 0.762. The third kappa shape index (κ3) is 2.86. The van der Waals surface area contributed by atoms with Crippen LogP contribution in [0.15, 0.2) is 48.7 Å². The Labute approximate surface area is 126 Å². The Hall–Kier alpha value is -2.06. The van der Waals surface area contributed by atoms with Gasteiger partial charge in [0, 0.05) is 24.8 Å². The number of nitrogens with one attached hydrogen (secondary N) is 1. The predicted octanol–water partition coefficient (Wildman–Crippen LogP) is 4.03.